The maximum absolute atomic E-state index is 13.2. The van der Waals surface area contributed by atoms with E-state index in [9.17, 15) is 49.5 Å². The first-order chi connectivity index (χ1) is 34.9. The van der Waals surface area contributed by atoms with Crippen LogP contribution in [0.1, 0.15) is 109 Å². The van der Waals surface area contributed by atoms with Crippen LogP contribution in [0.15, 0.2) is 12.1 Å². The molecule has 5 N–H and O–H groups in total. The van der Waals surface area contributed by atoms with Gasteiger partial charge >= 0.3 is 0 Å². The minimum atomic E-state index is -2.17. The summed E-state index contributed by atoms with van der Waals surface area (Å²) < 4.78 is 66.0. The van der Waals surface area contributed by atoms with E-state index >= 15 is 0 Å². The van der Waals surface area contributed by atoms with Crippen molar-refractivity contribution in [1.82, 2.24) is 0 Å². The highest BCUT2D eigenvalue weighted by Crippen LogP contribution is 2.73. The molecular weight excluding hydrogens is 961 g/mol. The zero-order valence-electron chi connectivity index (χ0n) is 40.2. The monoisotopic (exact) mass is 1010 g/mol. The van der Waals surface area contributed by atoms with Crippen molar-refractivity contribution in [1.29, 1.82) is 0 Å². The number of hydrogen-bond acceptors (Lipinski definition) is 21. The number of aliphatic hydroxyl groups excluding tert-OH is 2. The number of epoxide rings is 2. The van der Waals surface area contributed by atoms with Gasteiger partial charge in [0, 0.05) is 52.5 Å². The Bertz CT molecular complexity index is 3220. The number of rotatable bonds is 9. The molecule has 0 radical (unpaired) electrons. The quantitative estimate of drug-likeness (QED) is 0.0915. The zero-order chi connectivity index (χ0) is 51.4. The first-order valence-corrected chi connectivity index (χ1v) is 24.1. The highest BCUT2D eigenvalue weighted by Gasteiger charge is 2.93. The van der Waals surface area contributed by atoms with Crippen LogP contribution < -0.4 is 18.9 Å². The van der Waals surface area contributed by atoms with Crippen molar-refractivity contribution >= 4 is 52.0 Å². The largest absolute Gasteiger partial charge is 0.506 e. The Kier molecular flexibility index (Phi) is 9.67. The number of ether oxygens (including phenoxy) is 11. The van der Waals surface area contributed by atoms with Crippen LogP contribution >= 0.6 is 0 Å². The lowest BCUT2D eigenvalue weighted by atomic mass is 9.75. The summed E-state index contributed by atoms with van der Waals surface area (Å²) in [5.74, 6) is -9.56. The molecule has 14 rings (SSSR count). The minimum absolute atomic E-state index is 0.0422. The van der Waals surface area contributed by atoms with E-state index in [0.717, 1.165) is 11.8 Å². The van der Waals surface area contributed by atoms with Crippen molar-refractivity contribution in [2.24, 2.45) is 11.8 Å². The number of phenols is 1. The Morgan fingerprint density at radius 3 is 1.88 bits per heavy atom. The van der Waals surface area contributed by atoms with Crippen molar-refractivity contribution < 1.29 is 102 Å². The van der Waals surface area contributed by atoms with Gasteiger partial charge in [-0.05, 0) is 61.9 Å². The van der Waals surface area contributed by atoms with Crippen LogP contribution in [0, 0.1) is 25.7 Å². The summed E-state index contributed by atoms with van der Waals surface area (Å²) in [6, 6.07) is 3.57. The summed E-state index contributed by atoms with van der Waals surface area (Å²) >= 11 is 0. The maximum Gasteiger partial charge on any atom is 0.274 e. The third kappa shape index (κ3) is 5.17. The lowest BCUT2D eigenvalue weighted by molar-refractivity contribution is -0.307. The standard InChI is InChI=1S/C26H24O11.C26H26O10/c1-9-4-12-15(19(31)17-16(20(12)33-3)13(29)5-10(2)18(17)30)21-14(9)22-23-25(32,35-21)24(8-34-24)26(36-22,37-23)11(6-27)7-28;1-11-7-13-14(8-27)12-5-4-6-15(29)18(12)20(32-3)19(13)21-17(11)22-23-25(30,34-21)24(10-33-24)26(35-22,36-23)16(9-28)31-2/h4,6-7,10-11,13,22-23,29,31-32H,5,8H2,1-3H3;7-8,16,22-23,28,30H,4-6,9-10H2,1-3H3/t10-,13+,22?,23+,24-,25+,26-;/m0./s1. The van der Waals surface area contributed by atoms with E-state index in [1.807, 2.05) is 13.0 Å². The molecule has 7 unspecified atom stereocenters. The summed E-state index contributed by atoms with van der Waals surface area (Å²) in [5, 5.41) is 57.8. The number of aliphatic hydroxyl groups is 4. The van der Waals surface area contributed by atoms with Crippen molar-refractivity contribution in [2.45, 2.75) is 117 Å². The summed E-state index contributed by atoms with van der Waals surface area (Å²) in [6.07, 6.45) is -2.50. The molecule has 6 saturated heterocycles. The molecule has 384 valence electrons. The molecule has 21 nitrogen and oxygen atoms in total. The van der Waals surface area contributed by atoms with Crippen LogP contribution in [0.4, 0.5) is 0 Å². The van der Waals surface area contributed by atoms with Gasteiger partial charge in [-0.15, -0.1) is 0 Å². The van der Waals surface area contributed by atoms with E-state index in [0.29, 0.717) is 87.1 Å². The highest BCUT2D eigenvalue weighted by molar-refractivity contribution is 6.15. The third-order valence-electron chi connectivity index (χ3n) is 17.3. The van der Waals surface area contributed by atoms with Gasteiger partial charge < -0.3 is 87.2 Å². The number of methoxy groups -OCH3 is 3. The van der Waals surface area contributed by atoms with Gasteiger partial charge in [-0.1, -0.05) is 6.92 Å². The molecule has 21 heteroatoms. The van der Waals surface area contributed by atoms with Gasteiger partial charge in [0.25, 0.3) is 11.6 Å². The maximum atomic E-state index is 13.2. The van der Waals surface area contributed by atoms with Gasteiger partial charge in [0.2, 0.25) is 22.8 Å². The summed E-state index contributed by atoms with van der Waals surface area (Å²) in [4.78, 5) is 62.2. The van der Waals surface area contributed by atoms with E-state index in [1.165, 1.54) is 21.3 Å². The molecule has 6 fully saturated rings. The van der Waals surface area contributed by atoms with E-state index in [-0.39, 0.29) is 65.0 Å². The smallest absolute Gasteiger partial charge is 0.274 e. The van der Waals surface area contributed by atoms with Gasteiger partial charge in [0.05, 0.1) is 62.0 Å². The summed E-state index contributed by atoms with van der Waals surface area (Å²) in [5.41, 5.74) is 0.927. The van der Waals surface area contributed by atoms with Crippen LogP contribution in [-0.4, -0.2) is 150 Å². The Balaban J connectivity index is 0.000000141. The molecule has 13 atom stereocenters. The second-order valence-electron chi connectivity index (χ2n) is 20.6. The van der Waals surface area contributed by atoms with E-state index in [2.05, 4.69) is 0 Å². The number of aromatic hydroxyl groups is 1. The van der Waals surface area contributed by atoms with Crippen LogP contribution in [0.3, 0.4) is 0 Å². The summed E-state index contributed by atoms with van der Waals surface area (Å²) in [7, 11) is 4.30. The van der Waals surface area contributed by atoms with Crippen LogP contribution in [0.5, 0.6) is 28.7 Å². The number of aryl methyl sites for hydroxylation is 2. The van der Waals surface area contributed by atoms with Gasteiger partial charge in [0.1, 0.15) is 65.5 Å². The first-order valence-electron chi connectivity index (χ1n) is 24.1. The Morgan fingerprint density at radius 2 is 1.33 bits per heavy atom. The molecule has 4 aromatic rings. The van der Waals surface area contributed by atoms with Crippen LogP contribution in [-0.2, 0) is 49.2 Å². The van der Waals surface area contributed by atoms with E-state index in [4.69, 9.17) is 52.1 Å². The number of ketones is 2. The zero-order valence-corrected chi connectivity index (χ0v) is 40.2. The molecule has 2 aliphatic carbocycles. The average Bonchev–Trinajstić information content (AvgIpc) is 4.26. The number of Topliss-reactive ketones (excluding diaryl/α,β-unsaturated/α-hetero) is 2. The molecule has 2 spiro atoms. The fourth-order valence-corrected chi connectivity index (χ4v) is 13.8. The van der Waals surface area contributed by atoms with Crippen molar-refractivity contribution in [2.75, 3.05) is 41.2 Å². The fourth-order valence-electron chi connectivity index (χ4n) is 13.8. The molecule has 73 heavy (non-hydrogen) atoms. The number of fused-ring (bicyclic) bond motifs is 16. The van der Waals surface area contributed by atoms with E-state index in [1.54, 1.807) is 19.9 Å². The minimum Gasteiger partial charge on any atom is -0.506 e. The van der Waals surface area contributed by atoms with Crippen LogP contribution in [0.2, 0.25) is 0 Å². The molecule has 8 aliphatic heterocycles. The fraction of sp³-hybridized carbons (Fsp3) is 0.519. The number of carbonyl (C=O) groups is 5. The first kappa shape index (κ1) is 47.1. The molecule has 10 aliphatic rings. The predicted octanol–water partition coefficient (Wildman–Crippen LogP) is 2.66. The number of carbonyl (C=O) groups excluding carboxylic acids is 5. The molecule has 4 aromatic carbocycles. The molecule has 4 bridgehead atoms. The number of aldehydes is 3. The Hall–Kier alpha value is -5.69. The average molecular weight is 1010 g/mol. The van der Waals surface area contributed by atoms with Gasteiger partial charge in [0.15, 0.2) is 30.1 Å². The molecule has 0 aromatic heterocycles. The van der Waals surface area contributed by atoms with Crippen molar-refractivity contribution in [3.05, 3.63) is 62.2 Å². The third-order valence-corrected chi connectivity index (χ3v) is 17.3. The molecular formula is C52H50O21. The molecule has 8 heterocycles. The normalized spacial score (nSPS) is 37.2. The Labute approximate surface area is 414 Å². The number of hydrogen-bond donors (Lipinski definition) is 5. The summed E-state index contributed by atoms with van der Waals surface area (Å²) in [6.45, 7) is 4.83. The van der Waals surface area contributed by atoms with Crippen molar-refractivity contribution in [3.63, 3.8) is 0 Å². The molecule has 0 saturated carbocycles. The number of phenolic OH excluding ortho intramolecular Hbond substituents is 1. The second-order valence-corrected chi connectivity index (χ2v) is 20.6. The highest BCUT2D eigenvalue weighted by atomic mass is 16.9. The lowest BCUT2D eigenvalue weighted by Gasteiger charge is -2.47. The Morgan fingerprint density at radius 1 is 0.767 bits per heavy atom. The lowest BCUT2D eigenvalue weighted by Crippen LogP contribution is -2.69. The SMILES string of the molecule is COc1c2c(c(C=O)c3cc(C)c4c(c13)OC1(O)C3OC(C(CO)OC)(OC43)C13CO3)CCCC2=O.COc1c2c(c(O)c3c4c(c(C)cc13)C1O[C@@]3(C(C=O)C=O)O[C@H]1[C@@](O)(O4)[C@@]31CO1)C(=O)[C@@H](C)C[C@H]2O. The van der Waals surface area contributed by atoms with Gasteiger partial charge in [-0.25, -0.2) is 0 Å². The van der Waals surface area contributed by atoms with Crippen molar-refractivity contribution in [3.8, 4) is 28.7 Å². The predicted molar refractivity (Wildman–Crippen MR) is 243 cm³/mol. The molecule has 0 amide bonds. The van der Waals surface area contributed by atoms with Gasteiger partial charge in [-0.3, -0.25) is 14.4 Å². The second kappa shape index (κ2) is 15.0. The topological polar surface area (TPSA) is 295 Å². The number of benzene rings is 4. The van der Waals surface area contributed by atoms with Gasteiger partial charge in [-0.2, -0.15) is 0 Å². The van der Waals surface area contributed by atoms with Crippen LogP contribution in [0.25, 0.3) is 21.5 Å². The van der Waals surface area contributed by atoms with E-state index < -0.39 is 95.2 Å².